The SMILES string of the molecule is CN(C)C1=NCc2ncnc(N)c21.CN(C)c1n[nH]c(N)c1C#N.N#CC1=C(N)CN=C1N1CCOCC1.Nc1ncnc2c1C(N1CCOCC1)=NC2.Nc1ncnc2c1C(c1cc3ccccc3s1)=NC2.[C-]#[N+]C([N+]#[C-])=C(SCCC)N(C)C.[C-]#[N+]C([N+]#[C-])=C(SCCC)N1CCOCC1. The molecular weight excluding hydrogens is 1360 g/mol. The van der Waals surface area contributed by atoms with E-state index in [2.05, 4.69) is 132 Å². The van der Waals surface area contributed by atoms with Crippen LogP contribution < -0.4 is 33.6 Å². The number of aromatic nitrogens is 8. The van der Waals surface area contributed by atoms with Gasteiger partial charge in [0.1, 0.15) is 109 Å². The van der Waals surface area contributed by atoms with Gasteiger partial charge >= 0.3 is 11.6 Å². The number of fused-ring (bicyclic) bond motifs is 4. The maximum Gasteiger partial charge on any atom is 0.549 e. The smallest absolute Gasteiger partial charge is 0.399 e. The number of thiophene rings is 1. The molecule has 3 saturated heterocycles. The highest BCUT2D eigenvalue weighted by Crippen LogP contribution is 2.33. The molecule has 0 amide bonds. The minimum atomic E-state index is 0.170. The third-order valence-corrected chi connectivity index (χ3v) is 19.0. The Morgan fingerprint density at radius 1 is 0.608 bits per heavy atom. The van der Waals surface area contributed by atoms with Crippen LogP contribution in [0.4, 0.5) is 29.1 Å². The number of hydrogen-bond acceptors (Lipinski definition) is 30. The summed E-state index contributed by atoms with van der Waals surface area (Å²) in [7, 11) is 11.2. The minimum absolute atomic E-state index is 0.170. The van der Waals surface area contributed by atoms with Gasteiger partial charge in [-0.2, -0.15) is 35.0 Å². The van der Waals surface area contributed by atoms with Gasteiger partial charge in [-0.1, -0.05) is 32.0 Å². The first-order chi connectivity index (χ1) is 49.4. The summed E-state index contributed by atoms with van der Waals surface area (Å²) in [4.78, 5) is 68.2. The van der Waals surface area contributed by atoms with Crippen molar-refractivity contribution >= 4 is 97.3 Å². The van der Waals surface area contributed by atoms with Gasteiger partial charge in [-0.15, -0.1) is 34.9 Å². The molecule has 0 radical (unpaired) electrons. The largest absolute Gasteiger partial charge is 0.549 e. The zero-order chi connectivity index (χ0) is 73.7. The Kier molecular flexibility index (Phi) is 30.3. The van der Waals surface area contributed by atoms with Gasteiger partial charge in [0, 0.05) is 86.3 Å². The van der Waals surface area contributed by atoms with Crippen LogP contribution in [0.5, 0.6) is 0 Å². The summed E-state index contributed by atoms with van der Waals surface area (Å²) in [6.07, 6.45) is 6.55. The zero-order valence-electron chi connectivity index (χ0n) is 58.4. The Hall–Kier alpha value is -11.2. The highest BCUT2D eigenvalue weighted by molar-refractivity contribution is 8.03. The van der Waals surface area contributed by atoms with Crippen molar-refractivity contribution in [2.75, 3.05) is 167 Å². The van der Waals surface area contributed by atoms with Gasteiger partial charge in [0.15, 0.2) is 15.9 Å². The number of aliphatic imine (C=N–C) groups is 4. The lowest BCUT2D eigenvalue weighted by atomic mass is 10.1. The van der Waals surface area contributed by atoms with Gasteiger partial charge in [-0.05, 0) is 41.9 Å². The lowest BCUT2D eigenvalue weighted by Crippen LogP contribution is -2.41. The quantitative estimate of drug-likeness (QED) is 0.0783. The third-order valence-electron chi connectivity index (χ3n) is 15.2. The van der Waals surface area contributed by atoms with Crippen LogP contribution in [0.15, 0.2) is 102 Å². The second-order valence-electron chi connectivity index (χ2n) is 22.8. The van der Waals surface area contributed by atoms with Crippen LogP contribution in [0.3, 0.4) is 0 Å². The van der Waals surface area contributed by atoms with E-state index in [0.717, 1.165) is 149 Å². The first-order valence-electron chi connectivity index (χ1n) is 32.2. The van der Waals surface area contributed by atoms with Crippen molar-refractivity contribution in [2.45, 2.75) is 46.3 Å². The maximum atomic E-state index is 8.91. The molecule has 0 bridgehead atoms. The Morgan fingerprint density at radius 2 is 1.12 bits per heavy atom. The predicted octanol–water partition coefficient (Wildman–Crippen LogP) is 6.64. The summed E-state index contributed by atoms with van der Waals surface area (Å²) in [5.41, 5.74) is 36.6. The molecule has 12 heterocycles. The van der Waals surface area contributed by atoms with Crippen molar-refractivity contribution in [3.8, 4) is 12.1 Å². The third kappa shape index (κ3) is 20.5. The van der Waals surface area contributed by atoms with Crippen LogP contribution in [0, 0.1) is 49.0 Å². The number of hydrogen-bond donors (Lipinski definition) is 6. The molecule has 0 aliphatic carbocycles. The van der Waals surface area contributed by atoms with Crippen molar-refractivity contribution in [1.82, 2.24) is 64.6 Å². The van der Waals surface area contributed by atoms with Gasteiger partial charge in [0.2, 0.25) is 0 Å². The molecule has 0 unspecified atom stereocenters. The minimum Gasteiger partial charge on any atom is -0.399 e. The number of nitrogen functional groups attached to an aromatic ring is 4. The van der Waals surface area contributed by atoms with Gasteiger partial charge in [0.25, 0.3) is 0 Å². The predicted molar refractivity (Wildman–Crippen MR) is 403 cm³/mol. The zero-order valence-corrected chi connectivity index (χ0v) is 60.8. The molecule has 0 saturated carbocycles. The van der Waals surface area contributed by atoms with Crippen LogP contribution >= 0.6 is 34.9 Å². The Morgan fingerprint density at radius 3 is 1.65 bits per heavy atom. The number of rotatable bonds is 10. The number of nitrogens with two attached hydrogens (primary N) is 5. The van der Waals surface area contributed by atoms with Crippen molar-refractivity contribution in [1.29, 1.82) is 10.5 Å². The number of anilines is 5. The Balaban J connectivity index is 0.000000168. The first-order valence-corrected chi connectivity index (χ1v) is 35.0. The molecule has 532 valence electrons. The van der Waals surface area contributed by atoms with E-state index < -0.39 is 0 Å². The second kappa shape index (κ2) is 39.6. The molecule has 35 heteroatoms. The summed E-state index contributed by atoms with van der Waals surface area (Å²) in [6.45, 7) is 43.2. The number of benzene rings is 1. The van der Waals surface area contributed by atoms with Gasteiger partial charge < -0.3 is 72.3 Å². The summed E-state index contributed by atoms with van der Waals surface area (Å²) in [5.74, 6) is 7.23. The monoisotopic (exact) mass is 1440 g/mol. The van der Waals surface area contributed by atoms with E-state index in [1.165, 1.54) is 29.1 Å². The van der Waals surface area contributed by atoms with E-state index in [0.29, 0.717) is 98.5 Å². The molecule has 3 fully saturated rings. The number of nitriles is 2. The van der Waals surface area contributed by atoms with Gasteiger partial charge in [-0.25, -0.2) is 29.9 Å². The van der Waals surface area contributed by atoms with E-state index >= 15 is 0 Å². The molecule has 11 N–H and O–H groups in total. The number of amidine groups is 3. The average molecular weight is 1440 g/mol. The van der Waals surface area contributed by atoms with Crippen LogP contribution in [-0.4, -0.2) is 227 Å². The lowest BCUT2D eigenvalue weighted by molar-refractivity contribution is 0.0574. The number of ether oxygens (including phenoxy) is 3. The van der Waals surface area contributed by atoms with Crippen molar-refractivity contribution < 1.29 is 14.2 Å². The molecule has 13 rings (SSSR count). The van der Waals surface area contributed by atoms with Gasteiger partial charge in [-0.3, -0.25) is 25.1 Å². The van der Waals surface area contributed by atoms with Crippen LogP contribution in [0.1, 0.15) is 70.9 Å². The molecule has 1 aromatic carbocycles. The molecule has 7 aliphatic heterocycles. The van der Waals surface area contributed by atoms with Crippen molar-refractivity contribution in [3.63, 3.8) is 0 Å². The second-order valence-corrected chi connectivity index (χ2v) is 26.1. The fourth-order valence-corrected chi connectivity index (χ4v) is 13.2. The molecule has 6 aromatic rings. The lowest BCUT2D eigenvalue weighted by Gasteiger charge is -2.29. The highest BCUT2D eigenvalue weighted by atomic mass is 32.2. The fourth-order valence-electron chi connectivity index (χ4n) is 10.3. The normalized spacial score (nSPS) is 14.8. The van der Waals surface area contributed by atoms with Crippen molar-refractivity contribution in [3.05, 3.63) is 172 Å². The molecule has 7 aliphatic rings. The molecular formula is C67H83N29O3S3. The Labute approximate surface area is 606 Å². The summed E-state index contributed by atoms with van der Waals surface area (Å²) in [6, 6.07) is 14.5. The van der Waals surface area contributed by atoms with Gasteiger partial charge in [0.05, 0.1) is 116 Å². The van der Waals surface area contributed by atoms with Crippen LogP contribution in [0.25, 0.3) is 29.5 Å². The van der Waals surface area contributed by atoms with E-state index in [9.17, 15) is 0 Å². The summed E-state index contributed by atoms with van der Waals surface area (Å²) in [5, 5.41) is 26.7. The van der Waals surface area contributed by atoms with E-state index in [1.807, 2.05) is 56.2 Å². The van der Waals surface area contributed by atoms with E-state index in [-0.39, 0.29) is 11.6 Å². The van der Waals surface area contributed by atoms with Crippen LogP contribution in [0.2, 0.25) is 0 Å². The topological polar surface area (TPSA) is 398 Å². The number of H-pyrrole nitrogens is 1. The highest BCUT2D eigenvalue weighted by Gasteiger charge is 2.29. The summed E-state index contributed by atoms with van der Waals surface area (Å²) >= 11 is 4.90. The molecule has 102 heavy (non-hydrogen) atoms. The molecule has 32 nitrogen and oxygen atoms in total. The van der Waals surface area contributed by atoms with E-state index in [1.54, 1.807) is 53.9 Å². The number of thioether (sulfide) groups is 2. The number of nitrogens with zero attached hydrogens (tertiary/aromatic N) is 23. The molecule has 5 aromatic heterocycles. The van der Waals surface area contributed by atoms with Crippen LogP contribution in [-0.2, 0) is 33.8 Å². The summed E-state index contributed by atoms with van der Waals surface area (Å²) < 4.78 is 17.1. The standard InChI is InChI=1S/C14H10N4S.C11H15N3OS.C10H13N5O.C9H12N4O.C9H13N3S.C8H11N5.C6H9N5/c15-14-12-9(17-7-18-14)6-16-13(12)11-5-8-3-1-2-4-10(8)19-11;1-4-9-16-11(10(12-2)13-3)14-5-7-15-8-6-14;11-9-8-7(13-6-14-9)5-12-10(8)15-1-3-16-4-2-15;10-5-7-8(11)6-12-9(7)13-1-3-14-4-2-13;1-6-7-13-9(12(4)5)8(10-2)11-3;1-13(2)8-6-5(3-10-8)11-4-12-7(6)9;1-11(2)6-4(3-7)5(8)9-10-6/h1-5,7H,6H2,(H2,15,17,18);4-9H2,1H3;6H,1-5H2,(H2,11,13,14);1-4,6,11H2;6-7H2,1,4-5H3;4H,3H2,1-2H3,(H2,9,11,12);1-2H3,(H3,8,9,10). The first kappa shape index (κ1) is 78.2. The number of morpholine rings is 3. The molecule has 0 atom stereocenters. The molecule has 0 spiro atoms. The maximum absolute atomic E-state index is 8.91. The Bertz CT molecular complexity index is 4310. The van der Waals surface area contributed by atoms with Crippen molar-refractivity contribution in [2.24, 2.45) is 25.7 Å². The number of aromatic amines is 1. The average Bonchev–Trinajstić information content (AvgIpc) is 1.64. The van der Waals surface area contributed by atoms with E-state index in [4.69, 9.17) is 79.7 Å². The fraction of sp³-hybridized carbons (Fsp3) is 0.418. The number of nitrogens with one attached hydrogen (secondary N) is 1.